The Bertz CT molecular complexity index is 626. The topological polar surface area (TPSA) is 47.3 Å². The molecule has 0 saturated carbocycles. The zero-order valence-electron chi connectivity index (χ0n) is 11.5. The van der Waals surface area contributed by atoms with Crippen LogP contribution in [0.25, 0.3) is 0 Å². The van der Waals surface area contributed by atoms with E-state index in [1.54, 1.807) is 18.7 Å². The molecule has 1 atom stereocenters. The molecule has 0 bridgehead atoms. The molecule has 0 fully saturated rings. The van der Waals surface area contributed by atoms with E-state index in [2.05, 4.69) is 5.10 Å². The van der Waals surface area contributed by atoms with E-state index in [1.807, 2.05) is 6.92 Å². The molecule has 6 heteroatoms. The molecule has 0 spiro atoms. The lowest BCUT2D eigenvalue weighted by molar-refractivity contribution is 0.189. The van der Waals surface area contributed by atoms with E-state index >= 15 is 0 Å². The van der Waals surface area contributed by atoms with Gasteiger partial charge in [-0.3, -0.25) is 4.68 Å². The molecule has 0 radical (unpaired) electrons. The number of nitrogens with zero attached hydrogens (tertiary/aromatic N) is 2. The van der Waals surface area contributed by atoms with Gasteiger partial charge in [0.2, 0.25) is 0 Å². The van der Waals surface area contributed by atoms with Crippen LogP contribution in [0.3, 0.4) is 0 Å². The van der Waals surface area contributed by atoms with Crippen LogP contribution in [-0.4, -0.2) is 14.9 Å². The van der Waals surface area contributed by atoms with Crippen molar-refractivity contribution in [2.45, 2.75) is 26.6 Å². The summed E-state index contributed by atoms with van der Waals surface area (Å²) in [6, 6.07) is 4.04. The largest absolute Gasteiger partial charge is 0.487 e. The minimum Gasteiger partial charge on any atom is -0.487 e. The highest BCUT2D eigenvalue weighted by atomic mass is 35.5. The van der Waals surface area contributed by atoms with Gasteiger partial charge in [0.05, 0.1) is 22.5 Å². The van der Waals surface area contributed by atoms with Gasteiger partial charge >= 0.3 is 0 Å². The summed E-state index contributed by atoms with van der Waals surface area (Å²) in [6.45, 7) is 3.56. The zero-order valence-corrected chi connectivity index (χ0v) is 12.3. The van der Waals surface area contributed by atoms with Crippen LogP contribution in [0.1, 0.15) is 30.0 Å². The Hall–Kier alpha value is -1.59. The molecule has 0 aliphatic heterocycles. The van der Waals surface area contributed by atoms with Gasteiger partial charge in [-0.15, -0.1) is 0 Å². The van der Waals surface area contributed by atoms with Gasteiger partial charge in [-0.05, 0) is 32.0 Å². The summed E-state index contributed by atoms with van der Waals surface area (Å²) < 4.78 is 20.5. The van der Waals surface area contributed by atoms with E-state index in [4.69, 9.17) is 16.3 Å². The highest BCUT2D eigenvalue weighted by Crippen LogP contribution is 2.28. The molecule has 2 aromatic rings. The molecular weight excluding hydrogens is 283 g/mol. The van der Waals surface area contributed by atoms with Crippen molar-refractivity contribution in [2.24, 2.45) is 7.05 Å². The Morgan fingerprint density at radius 1 is 1.50 bits per heavy atom. The number of benzene rings is 1. The van der Waals surface area contributed by atoms with Crippen molar-refractivity contribution >= 4 is 11.6 Å². The zero-order chi connectivity index (χ0) is 14.9. The number of aliphatic hydroxyl groups excluding tert-OH is 1. The predicted octanol–water partition coefficient (Wildman–Crippen LogP) is 3.15. The first-order valence-electron chi connectivity index (χ1n) is 6.18. The first-order chi connectivity index (χ1) is 9.40. The molecule has 1 N–H and O–H groups in total. The van der Waals surface area contributed by atoms with E-state index in [0.29, 0.717) is 16.3 Å². The van der Waals surface area contributed by atoms with Crippen molar-refractivity contribution in [3.8, 4) is 5.75 Å². The minimum absolute atomic E-state index is 0.196. The SMILES string of the molecule is Cc1nn(C)c(COc2ccc(F)cc2[C@@H](C)O)c1Cl. The average Bonchev–Trinajstić information content (AvgIpc) is 2.62. The Morgan fingerprint density at radius 3 is 2.75 bits per heavy atom. The van der Waals surface area contributed by atoms with Gasteiger partial charge in [0.1, 0.15) is 18.2 Å². The summed E-state index contributed by atoms with van der Waals surface area (Å²) in [5.74, 6) is 0.0129. The summed E-state index contributed by atoms with van der Waals surface area (Å²) in [5.41, 5.74) is 1.85. The van der Waals surface area contributed by atoms with Crippen LogP contribution < -0.4 is 4.74 Å². The van der Waals surface area contributed by atoms with E-state index in [1.165, 1.54) is 18.2 Å². The van der Waals surface area contributed by atoms with Crippen LogP contribution in [0.15, 0.2) is 18.2 Å². The second kappa shape index (κ2) is 5.81. The lowest BCUT2D eigenvalue weighted by Crippen LogP contribution is -2.06. The van der Waals surface area contributed by atoms with E-state index in [0.717, 1.165) is 11.4 Å². The van der Waals surface area contributed by atoms with Gasteiger partial charge < -0.3 is 9.84 Å². The minimum atomic E-state index is -0.815. The smallest absolute Gasteiger partial charge is 0.131 e. The van der Waals surface area contributed by atoms with Crippen LogP contribution in [0.2, 0.25) is 5.02 Å². The third-order valence-corrected chi connectivity index (χ3v) is 3.54. The molecular formula is C14H16ClFN2O2. The third-order valence-electron chi connectivity index (χ3n) is 3.05. The average molecular weight is 299 g/mol. The van der Waals surface area contributed by atoms with Gasteiger partial charge in [0.15, 0.2) is 0 Å². The maximum Gasteiger partial charge on any atom is 0.131 e. The van der Waals surface area contributed by atoms with Crippen molar-refractivity contribution in [3.05, 3.63) is 46.0 Å². The number of hydrogen-bond acceptors (Lipinski definition) is 3. The van der Waals surface area contributed by atoms with Crippen LogP contribution >= 0.6 is 11.6 Å². The standard InChI is InChI=1S/C14H16ClFN2O2/c1-8-14(15)12(18(3)17-8)7-20-13-5-4-10(16)6-11(13)9(2)19/h4-6,9,19H,7H2,1-3H3/t9-/m1/s1. The van der Waals surface area contributed by atoms with Gasteiger partial charge in [0.25, 0.3) is 0 Å². The number of ether oxygens (including phenoxy) is 1. The summed E-state index contributed by atoms with van der Waals surface area (Å²) in [4.78, 5) is 0. The summed E-state index contributed by atoms with van der Waals surface area (Å²) in [7, 11) is 1.78. The Morgan fingerprint density at radius 2 is 2.20 bits per heavy atom. The van der Waals surface area contributed by atoms with Crippen LogP contribution in [0, 0.1) is 12.7 Å². The fraction of sp³-hybridized carbons (Fsp3) is 0.357. The lowest BCUT2D eigenvalue weighted by atomic mass is 10.1. The van der Waals surface area contributed by atoms with Crippen LogP contribution in [-0.2, 0) is 13.7 Å². The highest BCUT2D eigenvalue weighted by Gasteiger charge is 2.14. The Balaban J connectivity index is 2.23. The first kappa shape index (κ1) is 14.8. The predicted molar refractivity (Wildman–Crippen MR) is 74.3 cm³/mol. The molecule has 0 saturated heterocycles. The fourth-order valence-corrected chi connectivity index (χ4v) is 2.17. The normalized spacial score (nSPS) is 12.5. The van der Waals surface area contributed by atoms with Crippen LogP contribution in [0.5, 0.6) is 5.75 Å². The number of aryl methyl sites for hydroxylation is 2. The quantitative estimate of drug-likeness (QED) is 0.943. The second-order valence-electron chi connectivity index (χ2n) is 4.62. The molecule has 1 heterocycles. The van der Waals surface area contributed by atoms with Gasteiger partial charge in [-0.25, -0.2) is 4.39 Å². The van der Waals surface area contributed by atoms with Crippen LogP contribution in [0.4, 0.5) is 4.39 Å². The Kier molecular flexibility index (Phi) is 4.30. The van der Waals surface area contributed by atoms with Gasteiger partial charge in [-0.1, -0.05) is 11.6 Å². The molecule has 0 amide bonds. The molecule has 0 aliphatic rings. The number of aliphatic hydroxyl groups is 1. The van der Waals surface area contributed by atoms with E-state index in [9.17, 15) is 9.50 Å². The number of hydrogen-bond donors (Lipinski definition) is 1. The molecule has 1 aromatic carbocycles. The van der Waals surface area contributed by atoms with Crippen molar-refractivity contribution < 1.29 is 14.2 Å². The maximum atomic E-state index is 13.2. The maximum absolute atomic E-state index is 13.2. The lowest BCUT2D eigenvalue weighted by Gasteiger charge is -2.13. The fourth-order valence-electron chi connectivity index (χ4n) is 1.96. The number of halogens is 2. The van der Waals surface area contributed by atoms with E-state index < -0.39 is 11.9 Å². The first-order valence-corrected chi connectivity index (χ1v) is 6.56. The molecule has 20 heavy (non-hydrogen) atoms. The van der Waals surface area contributed by atoms with Crippen molar-refractivity contribution in [1.29, 1.82) is 0 Å². The van der Waals surface area contributed by atoms with Crippen molar-refractivity contribution in [1.82, 2.24) is 9.78 Å². The van der Waals surface area contributed by atoms with Gasteiger partial charge in [-0.2, -0.15) is 5.10 Å². The number of aromatic nitrogens is 2. The molecule has 0 unspecified atom stereocenters. The summed E-state index contributed by atoms with van der Waals surface area (Å²) in [6.07, 6.45) is -0.815. The molecule has 108 valence electrons. The summed E-state index contributed by atoms with van der Waals surface area (Å²) in [5, 5.41) is 14.4. The van der Waals surface area contributed by atoms with Gasteiger partial charge in [0, 0.05) is 12.6 Å². The highest BCUT2D eigenvalue weighted by molar-refractivity contribution is 6.31. The molecule has 0 aliphatic carbocycles. The molecule has 1 aromatic heterocycles. The molecule has 2 rings (SSSR count). The number of rotatable bonds is 4. The molecule has 4 nitrogen and oxygen atoms in total. The Labute approximate surface area is 121 Å². The second-order valence-corrected chi connectivity index (χ2v) is 4.99. The van der Waals surface area contributed by atoms with E-state index in [-0.39, 0.29) is 6.61 Å². The summed E-state index contributed by atoms with van der Waals surface area (Å²) >= 11 is 6.14. The monoisotopic (exact) mass is 298 g/mol. The third kappa shape index (κ3) is 2.94. The van der Waals surface area contributed by atoms with Crippen molar-refractivity contribution in [3.63, 3.8) is 0 Å². The van der Waals surface area contributed by atoms with Crippen molar-refractivity contribution in [2.75, 3.05) is 0 Å².